The first kappa shape index (κ1) is 18.7. The maximum Gasteiger partial charge on any atom is 0.254 e. The first-order chi connectivity index (χ1) is 12.4. The van der Waals surface area contributed by atoms with Gasteiger partial charge >= 0.3 is 0 Å². The largest absolute Gasteiger partial charge is 0.497 e. The molecular weight excluding hydrogens is 374 g/mol. The second kappa shape index (κ2) is 7.68. The Labute approximate surface area is 158 Å². The second-order valence-corrected chi connectivity index (χ2v) is 8.90. The summed E-state index contributed by atoms with van der Waals surface area (Å²) >= 11 is 6.21. The molecule has 1 atom stereocenters. The van der Waals surface area contributed by atoms with Gasteiger partial charge in [-0.05, 0) is 36.2 Å². The number of nitrogens with zero attached hydrogens (tertiary/aromatic N) is 1. The SMILES string of the molecule is COc1cccc(C(=O)N2CCC(c3ccccc3Cl)S(=O)(=O)CC2)c1. The minimum Gasteiger partial charge on any atom is -0.497 e. The molecule has 0 spiro atoms. The topological polar surface area (TPSA) is 63.7 Å². The zero-order chi connectivity index (χ0) is 18.7. The Balaban J connectivity index is 1.84. The van der Waals surface area contributed by atoms with Crippen LogP contribution in [0.15, 0.2) is 48.5 Å². The number of hydrogen-bond donors (Lipinski definition) is 0. The van der Waals surface area contributed by atoms with E-state index in [0.29, 0.717) is 34.9 Å². The number of carbonyl (C=O) groups is 1. The van der Waals surface area contributed by atoms with Crippen molar-refractivity contribution >= 4 is 27.3 Å². The molecule has 1 aliphatic heterocycles. The molecule has 0 bridgehead atoms. The molecule has 1 unspecified atom stereocenters. The molecule has 3 rings (SSSR count). The number of rotatable bonds is 3. The number of sulfone groups is 1. The van der Waals surface area contributed by atoms with Crippen molar-refractivity contribution in [3.63, 3.8) is 0 Å². The first-order valence-electron chi connectivity index (χ1n) is 8.31. The second-order valence-electron chi connectivity index (χ2n) is 6.19. The van der Waals surface area contributed by atoms with Crippen molar-refractivity contribution in [3.05, 3.63) is 64.7 Å². The molecule has 2 aromatic rings. The van der Waals surface area contributed by atoms with Crippen molar-refractivity contribution in [2.24, 2.45) is 0 Å². The summed E-state index contributed by atoms with van der Waals surface area (Å²) in [6.45, 7) is 0.518. The van der Waals surface area contributed by atoms with E-state index in [1.54, 1.807) is 53.4 Å². The van der Waals surface area contributed by atoms with Gasteiger partial charge in [-0.3, -0.25) is 4.79 Å². The van der Waals surface area contributed by atoms with Crippen molar-refractivity contribution in [1.29, 1.82) is 0 Å². The predicted molar refractivity (Wildman–Crippen MR) is 101 cm³/mol. The third-order valence-electron chi connectivity index (χ3n) is 4.60. The highest BCUT2D eigenvalue weighted by Gasteiger charge is 2.33. The molecule has 138 valence electrons. The summed E-state index contributed by atoms with van der Waals surface area (Å²) in [6.07, 6.45) is 0.321. The Morgan fingerprint density at radius 2 is 1.92 bits per heavy atom. The maximum absolute atomic E-state index is 12.8. The van der Waals surface area contributed by atoms with Crippen molar-refractivity contribution in [2.45, 2.75) is 11.7 Å². The normalized spacial score (nSPS) is 19.6. The van der Waals surface area contributed by atoms with Crippen molar-refractivity contribution in [2.75, 3.05) is 26.0 Å². The van der Waals surface area contributed by atoms with E-state index in [1.807, 2.05) is 0 Å². The zero-order valence-electron chi connectivity index (χ0n) is 14.4. The molecule has 5 nitrogen and oxygen atoms in total. The average Bonchev–Trinajstić information content (AvgIpc) is 2.80. The van der Waals surface area contributed by atoms with Gasteiger partial charge < -0.3 is 9.64 Å². The quantitative estimate of drug-likeness (QED) is 0.802. The van der Waals surface area contributed by atoms with Gasteiger partial charge in [0.15, 0.2) is 9.84 Å². The summed E-state index contributed by atoms with van der Waals surface area (Å²) in [5.74, 6) is 0.310. The lowest BCUT2D eigenvalue weighted by atomic mass is 10.1. The van der Waals surface area contributed by atoms with Crippen molar-refractivity contribution in [3.8, 4) is 5.75 Å². The van der Waals surface area contributed by atoms with Gasteiger partial charge in [0.1, 0.15) is 5.75 Å². The van der Waals surface area contributed by atoms with Gasteiger partial charge in [-0.1, -0.05) is 35.9 Å². The van der Waals surface area contributed by atoms with Crippen molar-refractivity contribution in [1.82, 2.24) is 4.90 Å². The van der Waals surface area contributed by atoms with Crippen LogP contribution < -0.4 is 4.74 Å². The molecule has 1 aliphatic rings. The van der Waals surface area contributed by atoms with Crippen LogP contribution in [-0.2, 0) is 9.84 Å². The third kappa shape index (κ3) is 3.86. The van der Waals surface area contributed by atoms with E-state index in [2.05, 4.69) is 0 Å². The van der Waals surface area contributed by atoms with Crippen LogP contribution in [0, 0.1) is 0 Å². The molecule has 7 heteroatoms. The third-order valence-corrected chi connectivity index (χ3v) is 7.05. The van der Waals surface area contributed by atoms with E-state index in [4.69, 9.17) is 16.3 Å². The van der Waals surface area contributed by atoms with Crippen LogP contribution in [0.4, 0.5) is 0 Å². The number of ether oxygens (including phenoxy) is 1. The average molecular weight is 394 g/mol. The number of halogens is 1. The fourth-order valence-electron chi connectivity index (χ4n) is 3.17. The predicted octanol–water partition coefficient (Wildman–Crippen LogP) is 3.35. The minimum absolute atomic E-state index is 0.0847. The number of benzene rings is 2. The van der Waals surface area contributed by atoms with Crippen LogP contribution in [0.1, 0.15) is 27.6 Å². The van der Waals surface area contributed by atoms with Gasteiger partial charge in [0.2, 0.25) is 0 Å². The van der Waals surface area contributed by atoms with Crippen LogP contribution in [0.25, 0.3) is 0 Å². The molecule has 0 saturated carbocycles. The molecule has 26 heavy (non-hydrogen) atoms. The number of amides is 1. The van der Waals surface area contributed by atoms with Crippen LogP contribution in [-0.4, -0.2) is 45.2 Å². The van der Waals surface area contributed by atoms with E-state index in [0.717, 1.165) is 0 Å². The first-order valence-corrected chi connectivity index (χ1v) is 10.4. The maximum atomic E-state index is 12.8. The lowest BCUT2D eigenvalue weighted by molar-refractivity contribution is 0.0766. The lowest BCUT2D eigenvalue weighted by Crippen LogP contribution is -2.33. The highest BCUT2D eigenvalue weighted by Crippen LogP contribution is 2.34. The van der Waals surface area contributed by atoms with Crippen LogP contribution >= 0.6 is 11.6 Å². The van der Waals surface area contributed by atoms with Gasteiger partial charge in [0.05, 0.1) is 18.1 Å². The van der Waals surface area contributed by atoms with Crippen molar-refractivity contribution < 1.29 is 17.9 Å². The summed E-state index contributed by atoms with van der Waals surface area (Å²) in [5, 5.41) is -0.257. The van der Waals surface area contributed by atoms with Gasteiger partial charge in [-0.2, -0.15) is 0 Å². The Kier molecular flexibility index (Phi) is 5.53. The van der Waals surface area contributed by atoms with Gasteiger partial charge in [0, 0.05) is 23.7 Å². The van der Waals surface area contributed by atoms with Gasteiger partial charge in [-0.15, -0.1) is 0 Å². The molecule has 0 aromatic heterocycles. The van der Waals surface area contributed by atoms with Crippen LogP contribution in [0.3, 0.4) is 0 Å². The van der Waals surface area contributed by atoms with Crippen LogP contribution in [0.5, 0.6) is 5.75 Å². The molecular formula is C19H20ClNO4S. The monoisotopic (exact) mass is 393 g/mol. The fourth-order valence-corrected chi connectivity index (χ4v) is 5.32. The Morgan fingerprint density at radius 3 is 2.65 bits per heavy atom. The standard InChI is InChI=1S/C19H20ClNO4S/c1-25-15-6-4-5-14(13-15)19(22)21-10-9-18(26(23,24)12-11-21)16-7-2-3-8-17(16)20/h2-8,13,18H,9-12H2,1H3. The van der Waals surface area contributed by atoms with E-state index in [1.165, 1.54) is 7.11 Å². The van der Waals surface area contributed by atoms with E-state index in [-0.39, 0.29) is 18.2 Å². The number of hydrogen-bond acceptors (Lipinski definition) is 4. The van der Waals surface area contributed by atoms with E-state index in [9.17, 15) is 13.2 Å². The summed E-state index contributed by atoms with van der Waals surface area (Å²) in [5.41, 5.74) is 1.09. The minimum atomic E-state index is -3.40. The Hall–Kier alpha value is -2.05. The molecule has 0 N–H and O–H groups in total. The summed E-state index contributed by atoms with van der Waals surface area (Å²) in [4.78, 5) is 14.4. The molecule has 1 saturated heterocycles. The summed E-state index contributed by atoms with van der Waals surface area (Å²) in [6, 6.07) is 13.8. The van der Waals surface area contributed by atoms with Gasteiger partial charge in [-0.25, -0.2) is 8.42 Å². The van der Waals surface area contributed by atoms with Crippen LogP contribution in [0.2, 0.25) is 5.02 Å². The summed E-state index contributed by atoms with van der Waals surface area (Å²) in [7, 11) is -1.86. The molecule has 2 aromatic carbocycles. The molecule has 1 fully saturated rings. The molecule has 0 radical (unpaired) electrons. The molecule has 1 amide bonds. The fraction of sp³-hybridized carbons (Fsp3) is 0.316. The number of carbonyl (C=O) groups excluding carboxylic acids is 1. The number of methoxy groups -OCH3 is 1. The highest BCUT2D eigenvalue weighted by molar-refractivity contribution is 7.91. The van der Waals surface area contributed by atoms with Gasteiger partial charge in [0.25, 0.3) is 5.91 Å². The van der Waals surface area contributed by atoms with E-state index < -0.39 is 15.1 Å². The lowest BCUT2D eigenvalue weighted by Gasteiger charge is -2.20. The van der Waals surface area contributed by atoms with E-state index >= 15 is 0 Å². The highest BCUT2D eigenvalue weighted by atomic mass is 35.5. The summed E-state index contributed by atoms with van der Waals surface area (Å²) < 4.78 is 30.6. The molecule has 1 heterocycles. The zero-order valence-corrected chi connectivity index (χ0v) is 16.0. The Bertz CT molecular complexity index is 913. The Morgan fingerprint density at radius 1 is 1.15 bits per heavy atom. The molecule has 0 aliphatic carbocycles. The smallest absolute Gasteiger partial charge is 0.254 e.